The quantitative estimate of drug-likeness (QED) is 0.838. The van der Waals surface area contributed by atoms with Crippen molar-refractivity contribution in [3.05, 3.63) is 65.2 Å². The zero-order valence-corrected chi connectivity index (χ0v) is 16.0. The second-order valence-electron chi connectivity index (χ2n) is 7.51. The Balaban J connectivity index is 1.76. The summed E-state index contributed by atoms with van der Waals surface area (Å²) in [6.45, 7) is 3.67. The first-order valence-electron chi connectivity index (χ1n) is 9.35. The molecule has 0 aromatic heterocycles. The van der Waals surface area contributed by atoms with Gasteiger partial charge in [-0.15, -0.1) is 0 Å². The first kappa shape index (κ1) is 18.5. The number of fused-ring (bicyclic) bond motifs is 1. The predicted octanol–water partition coefficient (Wildman–Crippen LogP) is 3.39. The Kier molecular flexibility index (Phi) is 5.94. The van der Waals surface area contributed by atoms with Crippen LogP contribution in [-0.2, 0) is 11.2 Å². The minimum atomic E-state index is 0.135. The second kappa shape index (κ2) is 8.37. The number of nitrogens with zero attached hydrogens (tertiary/aromatic N) is 1. The number of amides is 1. The molecule has 0 spiro atoms. The maximum atomic E-state index is 12.5. The lowest BCUT2D eigenvalue weighted by Crippen LogP contribution is -2.36. The Morgan fingerprint density at radius 1 is 1.19 bits per heavy atom. The molecule has 0 saturated heterocycles. The molecule has 4 heteroatoms. The van der Waals surface area contributed by atoms with E-state index in [2.05, 4.69) is 64.9 Å². The lowest BCUT2D eigenvalue weighted by molar-refractivity contribution is -0.122. The van der Waals surface area contributed by atoms with Crippen LogP contribution < -0.4 is 10.6 Å². The highest BCUT2D eigenvalue weighted by molar-refractivity contribution is 5.76. The number of benzene rings is 2. The van der Waals surface area contributed by atoms with Gasteiger partial charge in [0.05, 0.1) is 6.04 Å². The molecule has 0 radical (unpaired) electrons. The third-order valence-electron chi connectivity index (χ3n) is 5.01. The maximum Gasteiger partial charge on any atom is 0.220 e. The molecule has 1 aliphatic heterocycles. The minimum absolute atomic E-state index is 0.135. The van der Waals surface area contributed by atoms with Crippen LogP contribution in [-0.4, -0.2) is 38.0 Å². The number of hydrogen-bond donors (Lipinski definition) is 2. The molecule has 0 aliphatic carbocycles. The Labute approximate surface area is 156 Å². The number of hydrogen-bond acceptors (Lipinski definition) is 3. The van der Waals surface area contributed by atoms with E-state index in [4.69, 9.17) is 0 Å². The van der Waals surface area contributed by atoms with E-state index >= 15 is 0 Å². The summed E-state index contributed by atoms with van der Waals surface area (Å²) in [5.41, 5.74) is 5.00. The van der Waals surface area contributed by atoms with E-state index in [1.807, 2.05) is 20.2 Å². The molecule has 3 rings (SSSR count). The summed E-state index contributed by atoms with van der Waals surface area (Å²) in [6.07, 6.45) is 1.46. The van der Waals surface area contributed by atoms with Crippen molar-refractivity contribution in [2.45, 2.75) is 25.8 Å². The van der Waals surface area contributed by atoms with Crippen molar-refractivity contribution in [2.24, 2.45) is 5.92 Å². The highest BCUT2D eigenvalue weighted by Gasteiger charge is 2.30. The molecule has 0 unspecified atom stereocenters. The van der Waals surface area contributed by atoms with Gasteiger partial charge < -0.3 is 15.5 Å². The zero-order chi connectivity index (χ0) is 18.5. The van der Waals surface area contributed by atoms with Crippen LogP contribution in [0.1, 0.15) is 29.2 Å². The van der Waals surface area contributed by atoms with E-state index in [-0.39, 0.29) is 17.9 Å². The fourth-order valence-corrected chi connectivity index (χ4v) is 3.65. The molecule has 2 aromatic rings. The van der Waals surface area contributed by atoms with Crippen molar-refractivity contribution in [1.82, 2.24) is 10.2 Å². The van der Waals surface area contributed by atoms with Crippen LogP contribution in [0.2, 0.25) is 0 Å². The fourth-order valence-electron chi connectivity index (χ4n) is 3.65. The summed E-state index contributed by atoms with van der Waals surface area (Å²) in [5, 5.41) is 6.74. The molecule has 2 N–H and O–H groups in total. The fraction of sp³-hybridized carbons (Fsp3) is 0.409. The van der Waals surface area contributed by atoms with Crippen LogP contribution >= 0.6 is 0 Å². The molecule has 1 amide bonds. The molecule has 0 fully saturated rings. The maximum absolute atomic E-state index is 12.5. The van der Waals surface area contributed by atoms with Gasteiger partial charge in [-0.2, -0.15) is 0 Å². The Bertz CT molecular complexity index is 742. The third kappa shape index (κ3) is 4.64. The molecule has 1 heterocycles. The van der Waals surface area contributed by atoms with Gasteiger partial charge in [0.2, 0.25) is 5.91 Å². The lowest BCUT2D eigenvalue weighted by Gasteiger charge is -2.35. The Hall–Kier alpha value is -2.33. The molecule has 26 heavy (non-hydrogen) atoms. The van der Waals surface area contributed by atoms with Crippen molar-refractivity contribution in [2.75, 3.05) is 32.5 Å². The van der Waals surface area contributed by atoms with Crippen LogP contribution in [0.4, 0.5) is 5.69 Å². The second-order valence-corrected chi connectivity index (χ2v) is 7.51. The normalized spacial score (nSPS) is 18.9. The third-order valence-corrected chi connectivity index (χ3v) is 5.01. The number of anilines is 1. The molecular formula is C22H29N3O. The number of carbonyl (C=O) groups is 1. The zero-order valence-electron chi connectivity index (χ0n) is 16.0. The Morgan fingerprint density at radius 3 is 2.69 bits per heavy atom. The van der Waals surface area contributed by atoms with E-state index in [1.165, 1.54) is 22.4 Å². The van der Waals surface area contributed by atoms with Gasteiger partial charge in [-0.25, -0.2) is 0 Å². The molecular weight excluding hydrogens is 322 g/mol. The molecule has 1 aliphatic rings. The van der Waals surface area contributed by atoms with Crippen LogP contribution in [0.25, 0.3) is 0 Å². The van der Waals surface area contributed by atoms with Crippen molar-refractivity contribution in [3.63, 3.8) is 0 Å². The summed E-state index contributed by atoms with van der Waals surface area (Å²) >= 11 is 0. The van der Waals surface area contributed by atoms with E-state index in [0.717, 1.165) is 13.0 Å². The molecule has 0 saturated carbocycles. The van der Waals surface area contributed by atoms with Crippen molar-refractivity contribution < 1.29 is 4.79 Å². The number of likely N-dealkylation sites (N-methyl/N-ethyl adjacent to an activating group) is 1. The highest BCUT2D eigenvalue weighted by atomic mass is 16.1. The first-order valence-corrected chi connectivity index (χ1v) is 9.35. The van der Waals surface area contributed by atoms with Gasteiger partial charge >= 0.3 is 0 Å². The molecule has 2 atom stereocenters. The van der Waals surface area contributed by atoms with E-state index < -0.39 is 0 Å². The smallest absolute Gasteiger partial charge is 0.220 e. The van der Waals surface area contributed by atoms with Gasteiger partial charge in [0.25, 0.3) is 0 Å². The average Bonchev–Trinajstić information content (AvgIpc) is 2.61. The van der Waals surface area contributed by atoms with Crippen LogP contribution in [0, 0.1) is 12.8 Å². The van der Waals surface area contributed by atoms with Gasteiger partial charge in [-0.05, 0) is 50.6 Å². The van der Waals surface area contributed by atoms with Crippen LogP contribution in [0.15, 0.2) is 48.5 Å². The highest BCUT2D eigenvalue weighted by Crippen LogP contribution is 2.38. The van der Waals surface area contributed by atoms with Gasteiger partial charge in [0.15, 0.2) is 0 Å². The number of carbonyl (C=O) groups excluding carboxylic acids is 1. The van der Waals surface area contributed by atoms with Crippen molar-refractivity contribution in [1.29, 1.82) is 0 Å². The Morgan fingerprint density at radius 2 is 1.96 bits per heavy atom. The molecule has 138 valence electrons. The standard InChI is InChI=1S/C22H29N3O/c1-16-9-10-20-18(13-16)14-19(15-21(26)23-11-12-25(2)3)22(24-20)17-7-5-4-6-8-17/h4-10,13,19,22,24H,11-12,14-15H2,1-3H3,(H,23,26)/t19-,22+/m0/s1. The molecule has 0 bridgehead atoms. The van der Waals surface area contributed by atoms with E-state index in [9.17, 15) is 4.79 Å². The monoisotopic (exact) mass is 351 g/mol. The number of nitrogens with one attached hydrogen (secondary N) is 2. The minimum Gasteiger partial charge on any atom is -0.378 e. The van der Waals surface area contributed by atoms with Gasteiger partial charge in [-0.3, -0.25) is 4.79 Å². The summed E-state index contributed by atoms with van der Waals surface area (Å²) in [5.74, 6) is 0.377. The van der Waals surface area contributed by atoms with Gasteiger partial charge in [0.1, 0.15) is 0 Å². The van der Waals surface area contributed by atoms with Gasteiger partial charge in [0, 0.05) is 25.2 Å². The SMILES string of the molecule is Cc1ccc2c(c1)C[C@@H](CC(=O)NCCN(C)C)[C@@H](c1ccccc1)N2. The summed E-state index contributed by atoms with van der Waals surface area (Å²) in [7, 11) is 4.03. The summed E-state index contributed by atoms with van der Waals surface area (Å²) in [6, 6.07) is 17.2. The summed E-state index contributed by atoms with van der Waals surface area (Å²) in [4.78, 5) is 14.6. The summed E-state index contributed by atoms with van der Waals surface area (Å²) < 4.78 is 0. The number of aryl methyl sites for hydroxylation is 1. The molecule has 4 nitrogen and oxygen atoms in total. The van der Waals surface area contributed by atoms with Crippen molar-refractivity contribution in [3.8, 4) is 0 Å². The van der Waals surface area contributed by atoms with E-state index in [1.54, 1.807) is 0 Å². The first-order chi connectivity index (χ1) is 12.5. The lowest BCUT2D eigenvalue weighted by atomic mass is 9.81. The largest absolute Gasteiger partial charge is 0.378 e. The van der Waals surface area contributed by atoms with Crippen LogP contribution in [0.3, 0.4) is 0 Å². The van der Waals surface area contributed by atoms with Crippen molar-refractivity contribution >= 4 is 11.6 Å². The topological polar surface area (TPSA) is 44.4 Å². The average molecular weight is 351 g/mol. The number of rotatable bonds is 6. The molecule has 2 aromatic carbocycles. The van der Waals surface area contributed by atoms with E-state index in [0.29, 0.717) is 13.0 Å². The van der Waals surface area contributed by atoms with Crippen LogP contribution in [0.5, 0.6) is 0 Å². The van der Waals surface area contributed by atoms with Gasteiger partial charge in [-0.1, -0.05) is 48.0 Å². The predicted molar refractivity (Wildman–Crippen MR) is 107 cm³/mol.